The molecule has 3 aromatic rings. The molecule has 8 nitrogen and oxygen atoms in total. The molecule has 2 aliphatic heterocycles. The first-order valence-corrected chi connectivity index (χ1v) is 14.6. The number of benzene rings is 2. The summed E-state index contributed by atoms with van der Waals surface area (Å²) in [6.45, 7) is 10.9. The topological polar surface area (TPSA) is 79.8 Å². The molecular formula is C29H34ClN5O3S. The van der Waals surface area contributed by atoms with Gasteiger partial charge in [-0.1, -0.05) is 55.4 Å². The van der Waals surface area contributed by atoms with Crippen LogP contribution < -0.4 is 19.7 Å². The van der Waals surface area contributed by atoms with Gasteiger partial charge in [0.1, 0.15) is 11.0 Å². The van der Waals surface area contributed by atoms with Crippen LogP contribution in [0.1, 0.15) is 42.3 Å². The predicted octanol–water partition coefficient (Wildman–Crippen LogP) is 5.25. The van der Waals surface area contributed by atoms with E-state index in [1.54, 1.807) is 0 Å². The van der Waals surface area contributed by atoms with Gasteiger partial charge in [0.05, 0.1) is 0 Å². The van der Waals surface area contributed by atoms with Crippen molar-refractivity contribution in [2.75, 3.05) is 37.9 Å². The second-order valence-corrected chi connectivity index (χ2v) is 11.6. The van der Waals surface area contributed by atoms with Gasteiger partial charge in [0.15, 0.2) is 16.7 Å². The SMILES string of the molecule is CC(C)C(C)NC(=O)c1cccc(CSc2nc(Cl)cc(N3CCN(Cc4ccc5c(c4)OCO5)CC3)n2)c1. The van der Waals surface area contributed by atoms with Gasteiger partial charge in [-0.05, 0) is 48.2 Å². The number of carbonyl (C=O) groups is 1. The van der Waals surface area contributed by atoms with E-state index in [0.29, 0.717) is 34.3 Å². The minimum absolute atomic E-state index is 0.0537. The van der Waals surface area contributed by atoms with Gasteiger partial charge in [-0.3, -0.25) is 9.69 Å². The Bertz CT molecular complexity index is 1320. The van der Waals surface area contributed by atoms with Gasteiger partial charge in [0.25, 0.3) is 5.91 Å². The summed E-state index contributed by atoms with van der Waals surface area (Å²) in [6, 6.07) is 15.8. The maximum absolute atomic E-state index is 12.6. The van der Waals surface area contributed by atoms with Crippen LogP contribution in [-0.4, -0.2) is 59.8 Å². The number of halogens is 1. The van der Waals surface area contributed by atoms with Crippen LogP contribution in [0.5, 0.6) is 11.5 Å². The van der Waals surface area contributed by atoms with E-state index in [9.17, 15) is 4.79 Å². The zero-order valence-corrected chi connectivity index (χ0v) is 24.1. The Labute approximate surface area is 239 Å². The Morgan fingerprint density at radius 2 is 1.79 bits per heavy atom. The lowest BCUT2D eigenvalue weighted by Crippen LogP contribution is -2.46. The minimum Gasteiger partial charge on any atom is -0.454 e. The molecular weight excluding hydrogens is 534 g/mol. The van der Waals surface area contributed by atoms with Gasteiger partial charge in [-0.2, -0.15) is 0 Å². The number of hydrogen-bond acceptors (Lipinski definition) is 8. The van der Waals surface area contributed by atoms with Gasteiger partial charge in [-0.15, -0.1) is 0 Å². The number of nitrogens with one attached hydrogen (secondary N) is 1. The number of thioether (sulfide) groups is 1. The first-order valence-electron chi connectivity index (χ1n) is 13.3. The lowest BCUT2D eigenvalue weighted by atomic mass is 10.1. The summed E-state index contributed by atoms with van der Waals surface area (Å²) in [5, 5.41) is 4.13. The lowest BCUT2D eigenvalue weighted by molar-refractivity contribution is 0.0930. The Hall–Kier alpha value is -3.01. The van der Waals surface area contributed by atoms with Crippen molar-refractivity contribution >= 4 is 35.1 Å². The summed E-state index contributed by atoms with van der Waals surface area (Å²) in [5.74, 6) is 3.44. The first kappa shape index (κ1) is 27.6. The fraction of sp³-hybridized carbons (Fsp3) is 0.414. The van der Waals surface area contributed by atoms with Crippen LogP contribution in [0.25, 0.3) is 0 Å². The van der Waals surface area contributed by atoms with Crippen molar-refractivity contribution in [2.24, 2.45) is 5.92 Å². The molecule has 10 heteroatoms. The number of ether oxygens (including phenoxy) is 2. The molecule has 1 aromatic heterocycles. The molecule has 1 fully saturated rings. The normalized spacial score (nSPS) is 16.0. The molecule has 1 amide bonds. The van der Waals surface area contributed by atoms with E-state index in [4.69, 9.17) is 26.1 Å². The molecule has 1 N–H and O–H groups in total. The fourth-order valence-corrected chi connectivity index (χ4v) is 5.48. The molecule has 0 bridgehead atoms. The molecule has 0 saturated carbocycles. The second kappa shape index (κ2) is 12.4. The summed E-state index contributed by atoms with van der Waals surface area (Å²) in [5.41, 5.74) is 2.91. The van der Waals surface area contributed by atoms with E-state index >= 15 is 0 Å². The lowest BCUT2D eigenvalue weighted by Gasteiger charge is -2.35. The maximum Gasteiger partial charge on any atom is 0.251 e. The van der Waals surface area contributed by atoms with Gasteiger partial charge in [-0.25, -0.2) is 9.97 Å². The molecule has 1 atom stereocenters. The summed E-state index contributed by atoms with van der Waals surface area (Å²) >= 11 is 7.92. The molecule has 5 rings (SSSR count). The zero-order valence-electron chi connectivity index (χ0n) is 22.5. The molecule has 2 aliphatic rings. The molecule has 0 aliphatic carbocycles. The second-order valence-electron chi connectivity index (χ2n) is 10.3. The van der Waals surface area contributed by atoms with E-state index in [-0.39, 0.29) is 11.9 Å². The summed E-state index contributed by atoms with van der Waals surface area (Å²) < 4.78 is 10.9. The van der Waals surface area contributed by atoms with Crippen LogP contribution in [0.4, 0.5) is 5.82 Å². The highest BCUT2D eigenvalue weighted by Gasteiger charge is 2.21. The predicted molar refractivity (Wildman–Crippen MR) is 155 cm³/mol. The van der Waals surface area contributed by atoms with Gasteiger partial charge < -0.3 is 19.7 Å². The van der Waals surface area contributed by atoms with Crippen LogP contribution in [-0.2, 0) is 12.3 Å². The van der Waals surface area contributed by atoms with Crippen molar-refractivity contribution in [3.63, 3.8) is 0 Å². The number of amides is 1. The van der Waals surface area contributed by atoms with Crippen molar-refractivity contribution in [2.45, 2.75) is 44.3 Å². The number of carbonyl (C=O) groups excluding carboxylic acids is 1. The van der Waals surface area contributed by atoms with Crippen molar-refractivity contribution in [3.8, 4) is 11.5 Å². The number of nitrogens with zero attached hydrogens (tertiary/aromatic N) is 4. The van der Waals surface area contributed by atoms with E-state index in [1.165, 1.54) is 17.3 Å². The summed E-state index contributed by atoms with van der Waals surface area (Å²) in [4.78, 5) is 26.6. The highest BCUT2D eigenvalue weighted by atomic mass is 35.5. The molecule has 2 aromatic carbocycles. The zero-order chi connectivity index (χ0) is 27.4. The minimum atomic E-state index is -0.0537. The highest BCUT2D eigenvalue weighted by Crippen LogP contribution is 2.33. The average molecular weight is 568 g/mol. The van der Waals surface area contributed by atoms with Gasteiger partial charge in [0.2, 0.25) is 6.79 Å². The van der Waals surface area contributed by atoms with Crippen LogP contribution in [0.3, 0.4) is 0 Å². The Kier molecular flexibility index (Phi) is 8.79. The summed E-state index contributed by atoms with van der Waals surface area (Å²) in [7, 11) is 0. The molecule has 1 saturated heterocycles. The van der Waals surface area contributed by atoms with E-state index < -0.39 is 0 Å². The van der Waals surface area contributed by atoms with E-state index in [1.807, 2.05) is 43.3 Å². The standard InChI is InChI=1S/C29H34ClN5O3S/c1-19(2)20(3)31-28(36)23-6-4-5-22(13-23)17-39-29-32-26(30)15-27(33-29)35-11-9-34(10-12-35)16-21-7-8-24-25(14-21)38-18-37-24/h4-8,13-15,19-20H,9-12,16-18H2,1-3H3,(H,31,36). The molecule has 0 spiro atoms. The highest BCUT2D eigenvalue weighted by molar-refractivity contribution is 7.98. The third kappa shape index (κ3) is 7.15. The monoisotopic (exact) mass is 567 g/mol. The Balaban J connectivity index is 1.16. The number of aromatic nitrogens is 2. The van der Waals surface area contributed by atoms with Crippen molar-refractivity contribution in [3.05, 3.63) is 70.4 Å². The Morgan fingerprint density at radius 1 is 1.00 bits per heavy atom. The maximum atomic E-state index is 12.6. The molecule has 3 heterocycles. The van der Waals surface area contributed by atoms with Crippen molar-refractivity contribution in [1.29, 1.82) is 0 Å². The van der Waals surface area contributed by atoms with Crippen LogP contribution in [0.15, 0.2) is 53.7 Å². The fourth-order valence-electron chi connectivity index (χ4n) is 4.45. The smallest absolute Gasteiger partial charge is 0.251 e. The number of fused-ring (bicyclic) bond motifs is 1. The average Bonchev–Trinajstić information content (AvgIpc) is 3.40. The van der Waals surface area contributed by atoms with E-state index in [0.717, 1.165) is 55.6 Å². The molecule has 39 heavy (non-hydrogen) atoms. The van der Waals surface area contributed by atoms with Crippen LogP contribution >= 0.6 is 23.4 Å². The number of rotatable bonds is 9. The third-order valence-corrected chi connectivity index (χ3v) is 8.23. The van der Waals surface area contributed by atoms with Crippen LogP contribution in [0, 0.1) is 5.92 Å². The third-order valence-electron chi connectivity index (χ3n) is 7.12. The van der Waals surface area contributed by atoms with Crippen molar-refractivity contribution in [1.82, 2.24) is 20.2 Å². The van der Waals surface area contributed by atoms with Crippen molar-refractivity contribution < 1.29 is 14.3 Å². The quantitative estimate of drug-likeness (QED) is 0.213. The Morgan fingerprint density at radius 3 is 2.59 bits per heavy atom. The number of hydrogen-bond donors (Lipinski definition) is 1. The molecule has 1 unspecified atom stereocenters. The molecule has 0 radical (unpaired) electrons. The van der Waals surface area contributed by atoms with Gasteiger partial charge >= 0.3 is 0 Å². The van der Waals surface area contributed by atoms with Crippen LogP contribution in [0.2, 0.25) is 5.15 Å². The largest absolute Gasteiger partial charge is 0.454 e. The molecule has 206 valence electrons. The number of piperazine rings is 1. The number of anilines is 1. The summed E-state index contributed by atoms with van der Waals surface area (Å²) in [6.07, 6.45) is 0. The van der Waals surface area contributed by atoms with Gasteiger partial charge in [0, 0.05) is 56.1 Å². The van der Waals surface area contributed by atoms with E-state index in [2.05, 4.69) is 46.1 Å². The first-order chi connectivity index (χ1) is 18.8.